The van der Waals surface area contributed by atoms with Crippen LogP contribution in [0.1, 0.15) is 29.7 Å². The summed E-state index contributed by atoms with van der Waals surface area (Å²) in [5.41, 5.74) is 1.44. The molecule has 1 N–H and O–H groups in total. The van der Waals surface area contributed by atoms with Gasteiger partial charge in [0.2, 0.25) is 0 Å². The maximum absolute atomic E-state index is 13.8. The fourth-order valence-electron chi connectivity index (χ4n) is 1.95. The third-order valence-electron chi connectivity index (χ3n) is 3.19. The molecule has 2 rings (SSSR count). The van der Waals surface area contributed by atoms with Crippen molar-refractivity contribution in [3.05, 3.63) is 63.1 Å². The first-order chi connectivity index (χ1) is 9.90. The second kappa shape index (κ2) is 6.54. The molecule has 0 aromatic heterocycles. The third-order valence-corrected chi connectivity index (χ3v) is 3.80. The van der Waals surface area contributed by atoms with Gasteiger partial charge >= 0.3 is 0 Å². The van der Waals surface area contributed by atoms with Crippen molar-refractivity contribution in [3.8, 4) is 5.75 Å². The minimum atomic E-state index is -0.659. The summed E-state index contributed by atoms with van der Waals surface area (Å²) in [7, 11) is 0. The van der Waals surface area contributed by atoms with E-state index in [-0.39, 0.29) is 16.6 Å². The van der Waals surface area contributed by atoms with Crippen LogP contribution in [0.25, 0.3) is 0 Å². The number of hydrogen-bond acceptors (Lipinski definition) is 2. The summed E-state index contributed by atoms with van der Waals surface area (Å²) < 4.78 is 33.2. The standard InChI is InChI=1S/C16H15BrF2O2/c1-9-7-11(10(2)20)3-6-15(9)21-8-12-14(18)5-4-13(17)16(12)19/h3-7,10,20H,8H2,1-2H3/t10-/m1/s1. The lowest BCUT2D eigenvalue weighted by Crippen LogP contribution is -2.04. The zero-order chi connectivity index (χ0) is 15.6. The van der Waals surface area contributed by atoms with Crippen molar-refractivity contribution in [2.24, 2.45) is 0 Å². The molecule has 21 heavy (non-hydrogen) atoms. The second-order valence-corrected chi connectivity index (χ2v) is 5.67. The van der Waals surface area contributed by atoms with Crippen LogP contribution < -0.4 is 4.74 Å². The van der Waals surface area contributed by atoms with Gasteiger partial charge in [0.05, 0.1) is 16.1 Å². The molecule has 2 aromatic rings. The molecule has 1 atom stereocenters. The Labute approximate surface area is 130 Å². The van der Waals surface area contributed by atoms with E-state index in [1.807, 2.05) is 6.92 Å². The van der Waals surface area contributed by atoms with E-state index >= 15 is 0 Å². The topological polar surface area (TPSA) is 29.5 Å². The van der Waals surface area contributed by atoms with Gasteiger partial charge in [0.25, 0.3) is 0 Å². The molecule has 0 bridgehead atoms. The fraction of sp³-hybridized carbons (Fsp3) is 0.250. The molecule has 2 nitrogen and oxygen atoms in total. The molecule has 0 radical (unpaired) electrons. The Hall–Kier alpha value is -1.46. The Morgan fingerprint density at radius 1 is 1.24 bits per heavy atom. The first-order valence-electron chi connectivity index (χ1n) is 6.44. The highest BCUT2D eigenvalue weighted by atomic mass is 79.9. The van der Waals surface area contributed by atoms with Gasteiger partial charge < -0.3 is 9.84 Å². The average Bonchev–Trinajstić information content (AvgIpc) is 2.44. The zero-order valence-corrected chi connectivity index (χ0v) is 13.2. The van der Waals surface area contributed by atoms with Crippen LogP contribution in [0.5, 0.6) is 5.75 Å². The molecular formula is C16H15BrF2O2. The predicted molar refractivity (Wildman–Crippen MR) is 80.2 cm³/mol. The molecule has 2 aromatic carbocycles. The normalized spacial score (nSPS) is 12.3. The van der Waals surface area contributed by atoms with Crippen LogP contribution in [0.4, 0.5) is 8.78 Å². The van der Waals surface area contributed by atoms with Crippen LogP contribution in [0.3, 0.4) is 0 Å². The number of aliphatic hydroxyl groups is 1. The number of aliphatic hydroxyl groups excluding tert-OH is 1. The number of hydrogen-bond donors (Lipinski definition) is 1. The van der Waals surface area contributed by atoms with Gasteiger partial charge in [-0.1, -0.05) is 6.07 Å². The maximum Gasteiger partial charge on any atom is 0.146 e. The van der Waals surface area contributed by atoms with E-state index in [1.54, 1.807) is 25.1 Å². The van der Waals surface area contributed by atoms with Crippen LogP contribution in [-0.4, -0.2) is 5.11 Å². The second-order valence-electron chi connectivity index (χ2n) is 4.81. The molecule has 0 unspecified atom stereocenters. The van der Waals surface area contributed by atoms with Crippen molar-refractivity contribution in [1.29, 1.82) is 0 Å². The highest BCUT2D eigenvalue weighted by Gasteiger charge is 2.14. The van der Waals surface area contributed by atoms with E-state index in [1.165, 1.54) is 12.1 Å². The van der Waals surface area contributed by atoms with E-state index < -0.39 is 17.7 Å². The summed E-state index contributed by atoms with van der Waals surface area (Å²) in [6.07, 6.45) is -0.572. The van der Waals surface area contributed by atoms with E-state index in [4.69, 9.17) is 4.74 Å². The molecule has 0 spiro atoms. The predicted octanol–water partition coefficient (Wildman–Crippen LogP) is 4.67. The summed E-state index contributed by atoms with van der Waals surface area (Å²) >= 11 is 3.02. The molecule has 0 amide bonds. The van der Waals surface area contributed by atoms with E-state index in [9.17, 15) is 13.9 Å². The molecule has 112 valence electrons. The van der Waals surface area contributed by atoms with E-state index in [0.717, 1.165) is 11.1 Å². The highest BCUT2D eigenvalue weighted by Crippen LogP contribution is 2.26. The smallest absolute Gasteiger partial charge is 0.146 e. The fourth-order valence-corrected chi connectivity index (χ4v) is 2.32. The van der Waals surface area contributed by atoms with E-state index in [0.29, 0.717) is 5.75 Å². The summed E-state index contributed by atoms with van der Waals surface area (Å²) in [6, 6.07) is 7.70. The minimum absolute atomic E-state index is 0.122. The van der Waals surface area contributed by atoms with Crippen molar-refractivity contribution >= 4 is 15.9 Å². The quantitative estimate of drug-likeness (QED) is 0.806. The van der Waals surface area contributed by atoms with Gasteiger partial charge in [-0.05, 0) is 65.2 Å². The molecule has 0 saturated heterocycles. The Morgan fingerprint density at radius 2 is 1.95 bits per heavy atom. The average molecular weight is 357 g/mol. The van der Waals surface area contributed by atoms with Crippen LogP contribution in [0.2, 0.25) is 0 Å². The highest BCUT2D eigenvalue weighted by molar-refractivity contribution is 9.10. The van der Waals surface area contributed by atoms with Gasteiger partial charge in [0.15, 0.2) is 0 Å². The summed E-state index contributed by atoms with van der Waals surface area (Å²) in [6.45, 7) is 3.28. The van der Waals surface area contributed by atoms with Crippen LogP contribution in [0, 0.1) is 18.6 Å². The number of ether oxygens (including phenoxy) is 1. The Morgan fingerprint density at radius 3 is 2.57 bits per heavy atom. The van der Waals surface area contributed by atoms with E-state index in [2.05, 4.69) is 15.9 Å². The molecule has 5 heteroatoms. The molecule has 0 aliphatic heterocycles. The monoisotopic (exact) mass is 356 g/mol. The molecule has 0 saturated carbocycles. The van der Waals surface area contributed by atoms with Crippen LogP contribution in [-0.2, 0) is 6.61 Å². The summed E-state index contributed by atoms with van der Waals surface area (Å²) in [4.78, 5) is 0. The Balaban J connectivity index is 2.19. The van der Waals surface area contributed by atoms with Gasteiger partial charge in [0.1, 0.15) is 24.0 Å². The zero-order valence-electron chi connectivity index (χ0n) is 11.7. The molecular weight excluding hydrogens is 342 g/mol. The van der Waals surface area contributed by atoms with Gasteiger partial charge in [-0.25, -0.2) is 8.78 Å². The Bertz CT molecular complexity index is 657. The number of benzene rings is 2. The van der Waals surface area contributed by atoms with Crippen molar-refractivity contribution in [3.63, 3.8) is 0 Å². The van der Waals surface area contributed by atoms with Crippen LogP contribution >= 0.6 is 15.9 Å². The summed E-state index contributed by atoms with van der Waals surface area (Å²) in [5, 5.41) is 9.51. The van der Waals surface area contributed by atoms with Crippen molar-refractivity contribution in [2.45, 2.75) is 26.6 Å². The third kappa shape index (κ3) is 3.60. The van der Waals surface area contributed by atoms with Gasteiger partial charge in [-0.15, -0.1) is 0 Å². The Kier molecular flexibility index (Phi) is 4.96. The molecule has 0 fully saturated rings. The lowest BCUT2D eigenvalue weighted by molar-refractivity contribution is 0.199. The molecule has 0 heterocycles. The lowest BCUT2D eigenvalue weighted by atomic mass is 10.1. The maximum atomic E-state index is 13.8. The minimum Gasteiger partial charge on any atom is -0.488 e. The summed E-state index contributed by atoms with van der Waals surface area (Å²) in [5.74, 6) is -0.777. The van der Waals surface area contributed by atoms with Gasteiger partial charge in [-0.3, -0.25) is 0 Å². The van der Waals surface area contributed by atoms with Gasteiger partial charge in [0, 0.05) is 0 Å². The van der Waals surface area contributed by atoms with Crippen molar-refractivity contribution < 1.29 is 18.6 Å². The largest absolute Gasteiger partial charge is 0.488 e. The first kappa shape index (κ1) is 15.9. The van der Waals surface area contributed by atoms with Crippen LogP contribution in [0.15, 0.2) is 34.8 Å². The SMILES string of the molecule is Cc1cc([C@@H](C)O)ccc1OCc1c(F)ccc(Br)c1F. The van der Waals surface area contributed by atoms with Gasteiger partial charge in [-0.2, -0.15) is 0 Å². The first-order valence-corrected chi connectivity index (χ1v) is 7.23. The number of rotatable bonds is 4. The van der Waals surface area contributed by atoms with Crippen molar-refractivity contribution in [2.75, 3.05) is 0 Å². The molecule has 0 aliphatic carbocycles. The van der Waals surface area contributed by atoms with Crippen molar-refractivity contribution in [1.82, 2.24) is 0 Å². The lowest BCUT2D eigenvalue weighted by Gasteiger charge is -2.13. The number of halogens is 3. The molecule has 0 aliphatic rings. The number of aryl methyl sites for hydroxylation is 1.